The number of nitrogens with zero attached hydrogens (tertiary/aromatic N) is 3. The minimum atomic E-state index is -3.42. The number of carbonyl (C=O) groups is 1. The van der Waals surface area contributed by atoms with Crippen LogP contribution >= 0.6 is 0 Å². The summed E-state index contributed by atoms with van der Waals surface area (Å²) in [6, 6.07) is 10.1. The lowest BCUT2D eigenvalue weighted by Crippen LogP contribution is -2.25. The molecule has 2 aromatic heterocycles. The Hall–Kier alpha value is -3.64. The van der Waals surface area contributed by atoms with Gasteiger partial charge in [0.05, 0.1) is 23.6 Å². The minimum Gasteiger partial charge on any atom is -0.475 e. The van der Waals surface area contributed by atoms with E-state index in [4.69, 9.17) is 15.2 Å². The fourth-order valence-corrected chi connectivity index (χ4v) is 4.01. The molecule has 2 heterocycles. The van der Waals surface area contributed by atoms with Gasteiger partial charge in [-0.25, -0.2) is 13.4 Å². The summed E-state index contributed by atoms with van der Waals surface area (Å²) in [6.45, 7) is 8.18. The van der Waals surface area contributed by atoms with Crippen molar-refractivity contribution in [1.29, 1.82) is 0 Å². The minimum absolute atomic E-state index is 0.0411. The van der Waals surface area contributed by atoms with Gasteiger partial charge in [-0.15, -0.1) is 0 Å². The van der Waals surface area contributed by atoms with E-state index in [1.807, 2.05) is 20.8 Å². The van der Waals surface area contributed by atoms with Crippen LogP contribution in [0.1, 0.15) is 38.1 Å². The molecule has 0 fully saturated rings. The van der Waals surface area contributed by atoms with E-state index in [0.29, 0.717) is 41.7 Å². The van der Waals surface area contributed by atoms with Crippen molar-refractivity contribution in [2.45, 2.75) is 33.2 Å². The Balaban J connectivity index is 2.04. The van der Waals surface area contributed by atoms with Crippen LogP contribution in [0.15, 0.2) is 42.6 Å². The third kappa shape index (κ3) is 6.52. The summed E-state index contributed by atoms with van der Waals surface area (Å²) in [5, 5.41) is 7.85. The van der Waals surface area contributed by atoms with E-state index in [9.17, 15) is 13.2 Å². The first kappa shape index (κ1) is 27.0. The van der Waals surface area contributed by atoms with Gasteiger partial charge in [0.1, 0.15) is 12.2 Å². The van der Waals surface area contributed by atoms with Crippen LogP contribution in [0.5, 0.6) is 5.88 Å². The summed E-state index contributed by atoms with van der Waals surface area (Å²) in [6.07, 6.45) is 1.58. The van der Waals surface area contributed by atoms with Crippen LogP contribution in [0, 0.1) is 0 Å². The highest BCUT2D eigenvalue weighted by atomic mass is 32.2. The number of nitrogens with two attached hydrogens (primary N) is 1. The third-order valence-electron chi connectivity index (χ3n) is 5.11. The van der Waals surface area contributed by atoms with Crippen LogP contribution in [0.25, 0.3) is 11.3 Å². The lowest BCUT2D eigenvalue weighted by atomic mass is 10.0. The Bertz CT molecular complexity index is 1310. The molecule has 3 aromatic rings. The lowest BCUT2D eigenvalue weighted by Gasteiger charge is -2.23. The van der Waals surface area contributed by atoms with Crippen molar-refractivity contribution in [3.8, 4) is 17.1 Å². The number of aromatic nitrogens is 3. The number of carbonyl (C=O) groups excluding carboxylic acids is 1. The fraction of sp³-hybridized carbons (Fsp3) is 0.375. The standard InChI is InChI=1S/C24H32N6O5S/c1-6-36(32,33)29-17-9-7-16(8-10-17)21-20(22(25)31)23(28-30(21)24(2,3)4)27-18-11-12-26-19(15-18)35-14-13-34-5/h7-12,15,29H,6,13-14H2,1-5H3,(H2,25,31)(H,26,27,28). The molecular weight excluding hydrogens is 484 g/mol. The van der Waals surface area contributed by atoms with Crippen LogP contribution in [0.4, 0.5) is 17.2 Å². The number of ether oxygens (including phenoxy) is 2. The molecule has 0 bridgehead atoms. The molecule has 0 saturated carbocycles. The van der Waals surface area contributed by atoms with Gasteiger partial charge >= 0.3 is 0 Å². The molecule has 4 N–H and O–H groups in total. The van der Waals surface area contributed by atoms with Crippen molar-refractivity contribution in [1.82, 2.24) is 14.8 Å². The van der Waals surface area contributed by atoms with Crippen LogP contribution in [0.2, 0.25) is 0 Å². The Labute approximate surface area is 211 Å². The summed E-state index contributed by atoms with van der Waals surface area (Å²) in [5.74, 6) is -0.0412. The number of pyridine rings is 1. The predicted molar refractivity (Wildman–Crippen MR) is 139 cm³/mol. The summed E-state index contributed by atoms with van der Waals surface area (Å²) in [7, 11) is -1.83. The number of anilines is 3. The molecule has 0 aliphatic carbocycles. The summed E-state index contributed by atoms with van der Waals surface area (Å²) in [4.78, 5) is 16.8. The number of nitrogens with one attached hydrogen (secondary N) is 2. The maximum Gasteiger partial charge on any atom is 0.254 e. The smallest absolute Gasteiger partial charge is 0.254 e. The van der Waals surface area contributed by atoms with E-state index in [1.165, 1.54) is 0 Å². The first-order valence-electron chi connectivity index (χ1n) is 11.3. The highest BCUT2D eigenvalue weighted by Gasteiger charge is 2.29. The molecule has 12 heteroatoms. The van der Waals surface area contributed by atoms with E-state index in [1.54, 1.807) is 61.3 Å². The van der Waals surface area contributed by atoms with E-state index >= 15 is 0 Å². The number of primary amides is 1. The van der Waals surface area contributed by atoms with Gasteiger partial charge in [-0.2, -0.15) is 5.10 Å². The molecule has 0 unspecified atom stereocenters. The highest BCUT2D eigenvalue weighted by Crippen LogP contribution is 2.35. The molecule has 3 rings (SSSR count). The molecule has 0 saturated heterocycles. The molecule has 0 radical (unpaired) electrons. The molecule has 0 aliphatic heterocycles. The average Bonchev–Trinajstić information content (AvgIpc) is 3.20. The molecule has 11 nitrogen and oxygen atoms in total. The van der Waals surface area contributed by atoms with Gasteiger partial charge < -0.3 is 20.5 Å². The van der Waals surface area contributed by atoms with Crippen LogP contribution in [0.3, 0.4) is 0 Å². The summed E-state index contributed by atoms with van der Waals surface area (Å²) < 4.78 is 38.6. The second-order valence-electron chi connectivity index (χ2n) is 8.95. The number of benzene rings is 1. The van der Waals surface area contributed by atoms with Crippen molar-refractivity contribution in [2.75, 3.05) is 36.1 Å². The third-order valence-corrected chi connectivity index (χ3v) is 6.42. The summed E-state index contributed by atoms with van der Waals surface area (Å²) in [5.41, 5.74) is 7.70. The van der Waals surface area contributed by atoms with Crippen LogP contribution in [-0.2, 0) is 20.3 Å². The topological polar surface area (TPSA) is 150 Å². The quantitative estimate of drug-likeness (QED) is 0.328. The molecule has 0 spiro atoms. The number of hydrogen-bond donors (Lipinski definition) is 3. The van der Waals surface area contributed by atoms with Crippen molar-refractivity contribution >= 4 is 33.1 Å². The van der Waals surface area contributed by atoms with Gasteiger partial charge in [-0.1, -0.05) is 12.1 Å². The van der Waals surface area contributed by atoms with Gasteiger partial charge in [-0.05, 0) is 45.9 Å². The van der Waals surface area contributed by atoms with Gasteiger partial charge in [-0.3, -0.25) is 14.2 Å². The molecule has 36 heavy (non-hydrogen) atoms. The van der Waals surface area contributed by atoms with Crippen molar-refractivity contribution in [3.63, 3.8) is 0 Å². The average molecular weight is 517 g/mol. The fourth-order valence-electron chi connectivity index (χ4n) is 3.37. The molecule has 0 aliphatic rings. The second kappa shape index (κ2) is 11.0. The van der Waals surface area contributed by atoms with E-state index in [2.05, 4.69) is 20.1 Å². The Morgan fingerprint density at radius 1 is 1.11 bits per heavy atom. The molecule has 194 valence electrons. The highest BCUT2D eigenvalue weighted by molar-refractivity contribution is 7.92. The number of hydrogen-bond acceptors (Lipinski definition) is 8. The predicted octanol–water partition coefficient (Wildman–Crippen LogP) is 3.33. The number of rotatable bonds is 11. The first-order valence-corrected chi connectivity index (χ1v) is 13.0. The zero-order valence-corrected chi connectivity index (χ0v) is 21.8. The second-order valence-corrected chi connectivity index (χ2v) is 11.0. The first-order chi connectivity index (χ1) is 16.9. The van der Waals surface area contributed by atoms with E-state index in [0.717, 1.165) is 0 Å². The molecule has 1 aromatic carbocycles. The zero-order valence-electron chi connectivity index (χ0n) is 21.0. The van der Waals surface area contributed by atoms with E-state index < -0.39 is 21.5 Å². The SMILES string of the molecule is CCS(=O)(=O)Nc1ccc(-c2c(C(N)=O)c(Nc3ccnc(OCCOC)c3)nn2C(C)(C)C)cc1. The number of sulfonamides is 1. The Morgan fingerprint density at radius 3 is 2.39 bits per heavy atom. The Morgan fingerprint density at radius 2 is 1.81 bits per heavy atom. The van der Waals surface area contributed by atoms with E-state index in [-0.39, 0.29) is 17.1 Å². The molecular formula is C24H32N6O5S. The van der Waals surface area contributed by atoms with Gasteiger partial charge in [0, 0.05) is 36.3 Å². The molecule has 1 amide bonds. The normalized spacial score (nSPS) is 11.8. The summed E-state index contributed by atoms with van der Waals surface area (Å²) >= 11 is 0. The van der Waals surface area contributed by atoms with Crippen LogP contribution in [-0.4, -0.2) is 55.2 Å². The Kier molecular flexibility index (Phi) is 8.21. The van der Waals surface area contributed by atoms with Crippen molar-refractivity contribution < 1.29 is 22.7 Å². The van der Waals surface area contributed by atoms with Gasteiger partial charge in [0.2, 0.25) is 15.9 Å². The van der Waals surface area contributed by atoms with Crippen LogP contribution < -0.4 is 20.5 Å². The van der Waals surface area contributed by atoms with Crippen molar-refractivity contribution in [3.05, 3.63) is 48.2 Å². The molecule has 0 atom stereocenters. The maximum absolute atomic E-state index is 12.7. The van der Waals surface area contributed by atoms with Crippen molar-refractivity contribution in [2.24, 2.45) is 5.73 Å². The van der Waals surface area contributed by atoms with Gasteiger partial charge in [0.15, 0.2) is 5.82 Å². The number of amides is 1. The number of methoxy groups -OCH3 is 1. The van der Waals surface area contributed by atoms with Gasteiger partial charge in [0.25, 0.3) is 5.91 Å². The monoisotopic (exact) mass is 516 g/mol. The lowest BCUT2D eigenvalue weighted by molar-refractivity contribution is 0.100. The zero-order chi connectivity index (χ0) is 26.5. The maximum atomic E-state index is 12.7. The largest absolute Gasteiger partial charge is 0.475 e.